The molecule has 0 bridgehead atoms. The predicted molar refractivity (Wildman–Crippen MR) is 101 cm³/mol. The quantitative estimate of drug-likeness (QED) is 0.492. The maximum atomic E-state index is 12.0. The van der Waals surface area contributed by atoms with Crippen molar-refractivity contribution in [1.82, 2.24) is 0 Å². The Balaban J connectivity index is 0.00000280. The van der Waals surface area contributed by atoms with Crippen LogP contribution in [0.25, 0.3) is 0 Å². The first-order chi connectivity index (χ1) is 13.1. The highest BCUT2D eigenvalue weighted by atomic mass is 35.5. The van der Waals surface area contributed by atoms with Gasteiger partial charge in [-0.1, -0.05) is 6.07 Å². The van der Waals surface area contributed by atoms with Crippen LogP contribution in [-0.2, 0) is 6.54 Å². The van der Waals surface area contributed by atoms with E-state index in [2.05, 4.69) is 15.6 Å². The van der Waals surface area contributed by atoms with Crippen molar-refractivity contribution >= 4 is 23.2 Å². The number of nitrogens with one attached hydrogen (secondary N) is 3. The number of aromatic nitrogens is 1. The Hall–Kier alpha value is -3.39. The minimum atomic E-state index is -0.369. The number of carbonyl (C=O) groups is 1. The molecule has 0 fully saturated rings. The van der Waals surface area contributed by atoms with Crippen molar-refractivity contribution in [3.05, 3.63) is 60.1 Å². The van der Waals surface area contributed by atoms with E-state index in [1.165, 1.54) is 6.26 Å². The van der Waals surface area contributed by atoms with E-state index in [1.807, 2.05) is 18.2 Å². The Labute approximate surface area is 168 Å². The lowest BCUT2D eigenvalue weighted by atomic mass is 10.2. The first kappa shape index (κ1) is 20.9. The summed E-state index contributed by atoms with van der Waals surface area (Å²) in [5.41, 5.74) is 7.47. The minimum absolute atomic E-state index is 0. The third-order valence-corrected chi connectivity index (χ3v) is 3.90. The van der Waals surface area contributed by atoms with E-state index in [0.717, 1.165) is 5.56 Å². The largest absolute Gasteiger partial charge is 1.00 e. The highest BCUT2D eigenvalue weighted by Gasteiger charge is 2.13. The molecule has 0 saturated heterocycles. The number of amides is 1. The Morgan fingerprint density at radius 3 is 2.57 bits per heavy atom. The molecule has 3 aromatic rings. The van der Waals surface area contributed by atoms with Crippen molar-refractivity contribution in [2.75, 3.05) is 30.6 Å². The molecule has 0 saturated carbocycles. The van der Waals surface area contributed by atoms with Gasteiger partial charge in [0.05, 0.1) is 27.0 Å². The number of aromatic amines is 1. The lowest BCUT2D eigenvalue weighted by Crippen LogP contribution is -3.00. The van der Waals surface area contributed by atoms with Gasteiger partial charge in [-0.3, -0.25) is 4.79 Å². The summed E-state index contributed by atoms with van der Waals surface area (Å²) in [5.74, 6) is 2.21. The summed E-state index contributed by atoms with van der Waals surface area (Å²) in [6, 6.07) is 12.4. The smallest absolute Gasteiger partial charge is 0.291 e. The monoisotopic (exact) mass is 404 g/mol. The van der Waals surface area contributed by atoms with Crippen LogP contribution in [0.2, 0.25) is 0 Å². The molecule has 0 aliphatic rings. The van der Waals surface area contributed by atoms with Crippen LogP contribution in [0.3, 0.4) is 0 Å². The number of methoxy groups -OCH3 is 2. The van der Waals surface area contributed by atoms with Crippen LogP contribution in [0.4, 0.5) is 17.3 Å². The average Bonchev–Trinajstić information content (AvgIpc) is 3.23. The number of furan rings is 1. The summed E-state index contributed by atoms with van der Waals surface area (Å²) in [7, 11) is 3.19. The standard InChI is InChI=1S/C19H20N4O4.ClH/c1-25-14-7-5-12(10-16(14)26-2)11-21-17-8-6-13(18(20)23-17)22-19(24)15-4-3-9-27-15;/h3-10H,11H2,1-2H3,(H,22,24)(H3,20,21,23);1H. The van der Waals surface area contributed by atoms with E-state index in [0.29, 0.717) is 35.4 Å². The zero-order valence-corrected chi connectivity index (χ0v) is 16.2. The van der Waals surface area contributed by atoms with E-state index in [4.69, 9.17) is 19.6 Å². The SMILES string of the molecule is COc1ccc(CNc2ccc(NC(=O)c3ccco3)c(N)[nH+]2)cc1OC.[Cl-]. The van der Waals surface area contributed by atoms with Crippen LogP contribution in [0.1, 0.15) is 16.1 Å². The molecule has 2 aromatic heterocycles. The molecule has 0 unspecified atom stereocenters. The topological polar surface area (TPSA) is 113 Å². The highest BCUT2D eigenvalue weighted by Crippen LogP contribution is 2.27. The van der Waals surface area contributed by atoms with Gasteiger partial charge in [-0.25, -0.2) is 4.98 Å². The summed E-state index contributed by atoms with van der Waals surface area (Å²) < 4.78 is 15.6. The van der Waals surface area contributed by atoms with Crippen molar-refractivity contribution in [1.29, 1.82) is 0 Å². The number of H-pyrrole nitrogens is 1. The van der Waals surface area contributed by atoms with Crippen LogP contribution >= 0.6 is 0 Å². The fourth-order valence-corrected chi connectivity index (χ4v) is 2.50. The highest BCUT2D eigenvalue weighted by molar-refractivity contribution is 6.03. The molecule has 28 heavy (non-hydrogen) atoms. The number of pyridine rings is 1. The fourth-order valence-electron chi connectivity index (χ4n) is 2.50. The molecule has 1 aromatic carbocycles. The molecule has 0 radical (unpaired) electrons. The molecule has 0 atom stereocenters. The molecule has 0 aliphatic heterocycles. The Bertz CT molecular complexity index is 932. The number of nitrogen functional groups attached to an aromatic ring is 1. The van der Waals surface area contributed by atoms with Crippen LogP contribution in [0, 0.1) is 0 Å². The molecular weight excluding hydrogens is 384 g/mol. The van der Waals surface area contributed by atoms with E-state index >= 15 is 0 Å². The van der Waals surface area contributed by atoms with Crippen LogP contribution in [0.5, 0.6) is 11.5 Å². The van der Waals surface area contributed by atoms with E-state index in [1.54, 1.807) is 38.5 Å². The molecule has 148 valence electrons. The maximum Gasteiger partial charge on any atom is 0.291 e. The summed E-state index contributed by atoms with van der Waals surface area (Å²) in [4.78, 5) is 15.0. The summed E-state index contributed by atoms with van der Waals surface area (Å²) in [5, 5.41) is 5.93. The lowest BCUT2D eigenvalue weighted by molar-refractivity contribution is -0.342. The van der Waals surface area contributed by atoms with E-state index < -0.39 is 0 Å². The van der Waals surface area contributed by atoms with Crippen molar-refractivity contribution in [3.8, 4) is 11.5 Å². The molecule has 9 heteroatoms. The predicted octanol–water partition coefficient (Wildman–Crippen LogP) is -0.438. The number of ether oxygens (including phenoxy) is 2. The second-order valence-corrected chi connectivity index (χ2v) is 5.67. The second-order valence-electron chi connectivity index (χ2n) is 5.67. The van der Waals surface area contributed by atoms with Gasteiger partial charge in [-0.15, -0.1) is 0 Å². The number of hydrogen-bond donors (Lipinski definition) is 3. The van der Waals surface area contributed by atoms with Gasteiger partial charge in [0.1, 0.15) is 5.69 Å². The molecule has 0 aliphatic carbocycles. The zero-order valence-electron chi connectivity index (χ0n) is 15.4. The van der Waals surface area contributed by atoms with Gasteiger partial charge in [0.25, 0.3) is 5.91 Å². The van der Waals surface area contributed by atoms with Crippen molar-refractivity contribution < 1.29 is 36.1 Å². The van der Waals surface area contributed by atoms with E-state index in [-0.39, 0.29) is 24.1 Å². The summed E-state index contributed by atoms with van der Waals surface area (Å²) >= 11 is 0. The first-order valence-corrected chi connectivity index (χ1v) is 8.22. The molecule has 5 N–H and O–H groups in total. The normalized spacial score (nSPS) is 9.93. The summed E-state index contributed by atoms with van der Waals surface area (Å²) in [6.45, 7) is 0.550. The van der Waals surface area contributed by atoms with Gasteiger partial charge in [0, 0.05) is 6.07 Å². The maximum absolute atomic E-state index is 12.0. The Morgan fingerprint density at radius 2 is 1.93 bits per heavy atom. The van der Waals surface area contributed by atoms with Crippen LogP contribution in [0.15, 0.2) is 53.1 Å². The molecule has 3 rings (SSSR count). The number of carbonyl (C=O) groups excluding carboxylic acids is 1. The zero-order chi connectivity index (χ0) is 19.2. The van der Waals surface area contributed by atoms with Crippen LogP contribution < -0.4 is 43.2 Å². The minimum Gasteiger partial charge on any atom is -1.00 e. The molecule has 8 nitrogen and oxygen atoms in total. The number of benzene rings is 1. The number of nitrogens with two attached hydrogens (primary N) is 1. The van der Waals surface area contributed by atoms with Gasteiger partial charge in [-0.2, -0.15) is 0 Å². The van der Waals surface area contributed by atoms with Crippen LogP contribution in [-0.4, -0.2) is 20.1 Å². The van der Waals surface area contributed by atoms with E-state index in [9.17, 15) is 4.79 Å². The number of halogens is 1. The van der Waals surface area contributed by atoms with Gasteiger partial charge >= 0.3 is 0 Å². The third kappa shape index (κ3) is 4.86. The van der Waals surface area contributed by atoms with Crippen molar-refractivity contribution in [3.63, 3.8) is 0 Å². The van der Waals surface area contributed by atoms with Gasteiger partial charge in [-0.05, 0) is 35.9 Å². The molecule has 2 heterocycles. The molecule has 1 amide bonds. The molecular formula is C19H21ClN4O4. The number of rotatable bonds is 7. The third-order valence-electron chi connectivity index (χ3n) is 3.90. The Kier molecular flexibility index (Phi) is 7.11. The first-order valence-electron chi connectivity index (χ1n) is 8.22. The number of hydrogen-bond acceptors (Lipinski definition) is 6. The fraction of sp³-hybridized carbons (Fsp3) is 0.158. The second kappa shape index (κ2) is 9.52. The number of anilines is 3. The van der Waals surface area contributed by atoms with Crippen molar-refractivity contribution in [2.24, 2.45) is 0 Å². The average molecular weight is 405 g/mol. The van der Waals surface area contributed by atoms with Gasteiger partial charge in [0.15, 0.2) is 17.3 Å². The molecule has 0 spiro atoms. The summed E-state index contributed by atoms with van der Waals surface area (Å²) in [6.07, 6.45) is 1.44. The Morgan fingerprint density at radius 1 is 1.14 bits per heavy atom. The van der Waals surface area contributed by atoms with Gasteiger partial charge in [0.2, 0.25) is 11.6 Å². The van der Waals surface area contributed by atoms with Gasteiger partial charge < -0.3 is 42.7 Å². The van der Waals surface area contributed by atoms with Crippen molar-refractivity contribution in [2.45, 2.75) is 6.54 Å². The lowest BCUT2D eigenvalue weighted by Gasteiger charge is -2.10.